The standard InChI is InChI=1S/C22H26ClN3O4S/c1-26(15-16-8-4-2-5-9-16)31(29,30)18-12-13-20(23)19(14-18)22(28)25-24-21(27)17-10-6-3-7-11-17/h2,4-5,8-9,12-14,17H,3,6-7,10-11,15H2,1H3,(H,24,27)(H,25,28). The third-order valence-electron chi connectivity index (χ3n) is 5.41. The molecule has 2 N–H and O–H groups in total. The van der Waals surface area contributed by atoms with Crippen LogP contribution in [-0.2, 0) is 21.4 Å². The Balaban J connectivity index is 1.71. The van der Waals surface area contributed by atoms with E-state index in [-0.39, 0.29) is 33.9 Å². The quantitative estimate of drug-likeness (QED) is 0.641. The molecule has 0 unspecified atom stereocenters. The number of rotatable bonds is 6. The predicted molar refractivity (Wildman–Crippen MR) is 119 cm³/mol. The number of benzene rings is 2. The van der Waals surface area contributed by atoms with Crippen LogP contribution in [0.25, 0.3) is 0 Å². The molecule has 0 spiro atoms. The van der Waals surface area contributed by atoms with Gasteiger partial charge in [0.25, 0.3) is 5.91 Å². The molecule has 31 heavy (non-hydrogen) atoms. The zero-order valence-corrected chi connectivity index (χ0v) is 18.9. The molecular weight excluding hydrogens is 438 g/mol. The Bertz CT molecular complexity index is 1040. The predicted octanol–water partition coefficient (Wildman–Crippen LogP) is 3.50. The zero-order chi connectivity index (χ0) is 22.4. The number of carbonyl (C=O) groups is 2. The zero-order valence-electron chi connectivity index (χ0n) is 17.3. The highest BCUT2D eigenvalue weighted by Crippen LogP contribution is 2.25. The van der Waals surface area contributed by atoms with E-state index in [1.165, 1.54) is 29.6 Å². The molecule has 0 aromatic heterocycles. The van der Waals surface area contributed by atoms with E-state index in [0.717, 1.165) is 37.7 Å². The fourth-order valence-electron chi connectivity index (χ4n) is 3.60. The Morgan fingerprint density at radius 1 is 1.03 bits per heavy atom. The Morgan fingerprint density at radius 2 is 1.71 bits per heavy atom. The number of hydrogen-bond donors (Lipinski definition) is 2. The molecule has 1 fully saturated rings. The molecule has 2 amide bonds. The minimum absolute atomic E-state index is 0.0280. The number of hydrogen-bond acceptors (Lipinski definition) is 4. The first kappa shape index (κ1) is 23.2. The topological polar surface area (TPSA) is 95.6 Å². The highest BCUT2D eigenvalue weighted by molar-refractivity contribution is 7.89. The summed E-state index contributed by atoms with van der Waals surface area (Å²) in [7, 11) is -2.38. The fourth-order valence-corrected chi connectivity index (χ4v) is 4.99. The maximum absolute atomic E-state index is 13.0. The normalized spacial score (nSPS) is 14.9. The molecule has 9 heteroatoms. The number of nitrogens with one attached hydrogen (secondary N) is 2. The summed E-state index contributed by atoms with van der Waals surface area (Å²) in [6.45, 7) is 0.185. The van der Waals surface area contributed by atoms with Gasteiger partial charge >= 0.3 is 0 Å². The highest BCUT2D eigenvalue weighted by Gasteiger charge is 2.25. The number of carbonyl (C=O) groups excluding carboxylic acids is 2. The smallest absolute Gasteiger partial charge is 0.271 e. The Morgan fingerprint density at radius 3 is 2.39 bits per heavy atom. The van der Waals surface area contributed by atoms with E-state index in [1.807, 2.05) is 30.3 Å². The third kappa shape index (κ3) is 5.84. The van der Waals surface area contributed by atoms with E-state index in [0.29, 0.717) is 0 Å². The van der Waals surface area contributed by atoms with E-state index >= 15 is 0 Å². The monoisotopic (exact) mass is 463 g/mol. The van der Waals surface area contributed by atoms with Gasteiger partial charge in [-0.05, 0) is 36.6 Å². The number of halogens is 1. The van der Waals surface area contributed by atoms with Crippen LogP contribution in [0.4, 0.5) is 0 Å². The van der Waals surface area contributed by atoms with Crippen LogP contribution in [0.15, 0.2) is 53.4 Å². The van der Waals surface area contributed by atoms with Crippen molar-refractivity contribution in [1.29, 1.82) is 0 Å². The highest BCUT2D eigenvalue weighted by atomic mass is 35.5. The molecule has 0 atom stereocenters. The summed E-state index contributed by atoms with van der Waals surface area (Å²) in [4.78, 5) is 24.8. The summed E-state index contributed by atoms with van der Waals surface area (Å²) in [5.41, 5.74) is 5.60. The second-order valence-corrected chi connectivity index (χ2v) is 10.1. The van der Waals surface area contributed by atoms with Gasteiger partial charge in [-0.3, -0.25) is 20.4 Å². The molecule has 0 saturated heterocycles. The minimum atomic E-state index is -3.85. The van der Waals surface area contributed by atoms with Crippen molar-refractivity contribution in [3.63, 3.8) is 0 Å². The largest absolute Gasteiger partial charge is 0.273 e. The Kier molecular flexibility index (Phi) is 7.69. The van der Waals surface area contributed by atoms with Gasteiger partial charge in [-0.1, -0.05) is 61.2 Å². The number of amides is 2. The van der Waals surface area contributed by atoms with Crippen LogP contribution in [0.5, 0.6) is 0 Å². The fraction of sp³-hybridized carbons (Fsp3) is 0.364. The van der Waals surface area contributed by atoms with E-state index in [4.69, 9.17) is 11.6 Å². The molecule has 166 valence electrons. The number of sulfonamides is 1. The summed E-state index contributed by atoms with van der Waals surface area (Å²) < 4.78 is 27.2. The summed E-state index contributed by atoms with van der Waals surface area (Å²) in [6, 6.07) is 13.1. The van der Waals surface area contributed by atoms with Crippen molar-refractivity contribution in [1.82, 2.24) is 15.2 Å². The molecule has 7 nitrogen and oxygen atoms in total. The van der Waals surface area contributed by atoms with Crippen LogP contribution in [-0.4, -0.2) is 31.6 Å². The van der Waals surface area contributed by atoms with Gasteiger partial charge in [0.05, 0.1) is 15.5 Å². The molecular formula is C22H26ClN3O4S. The van der Waals surface area contributed by atoms with Crippen LogP contribution >= 0.6 is 11.6 Å². The molecule has 0 radical (unpaired) electrons. The summed E-state index contributed by atoms with van der Waals surface area (Å²) in [5.74, 6) is -1.03. The first-order valence-electron chi connectivity index (χ1n) is 10.2. The van der Waals surface area contributed by atoms with Gasteiger partial charge in [0.15, 0.2) is 0 Å². The van der Waals surface area contributed by atoms with Gasteiger partial charge in [-0.15, -0.1) is 0 Å². The lowest BCUT2D eigenvalue weighted by Gasteiger charge is -2.21. The molecule has 3 rings (SSSR count). The van der Waals surface area contributed by atoms with Gasteiger partial charge in [-0.25, -0.2) is 8.42 Å². The lowest BCUT2D eigenvalue weighted by atomic mass is 9.89. The minimum Gasteiger partial charge on any atom is -0.273 e. The summed E-state index contributed by atoms with van der Waals surface area (Å²) >= 11 is 6.13. The number of nitrogens with zero attached hydrogens (tertiary/aromatic N) is 1. The van der Waals surface area contributed by atoms with Crippen LogP contribution in [0.2, 0.25) is 5.02 Å². The molecule has 1 saturated carbocycles. The van der Waals surface area contributed by atoms with Crippen molar-refractivity contribution in [3.8, 4) is 0 Å². The van der Waals surface area contributed by atoms with Gasteiger partial charge in [0, 0.05) is 19.5 Å². The second kappa shape index (κ2) is 10.3. The lowest BCUT2D eigenvalue weighted by Crippen LogP contribution is -2.45. The van der Waals surface area contributed by atoms with Crippen molar-refractivity contribution < 1.29 is 18.0 Å². The Labute approximate surface area is 187 Å². The van der Waals surface area contributed by atoms with Crippen molar-refractivity contribution in [3.05, 3.63) is 64.7 Å². The average molecular weight is 464 g/mol. The van der Waals surface area contributed by atoms with Crippen LogP contribution < -0.4 is 10.9 Å². The summed E-state index contributed by atoms with van der Waals surface area (Å²) in [6.07, 6.45) is 4.70. The molecule has 1 aliphatic rings. The van der Waals surface area contributed by atoms with Crippen LogP contribution in [0, 0.1) is 5.92 Å². The van der Waals surface area contributed by atoms with Gasteiger partial charge in [-0.2, -0.15) is 4.31 Å². The van der Waals surface area contributed by atoms with E-state index in [1.54, 1.807) is 0 Å². The van der Waals surface area contributed by atoms with E-state index < -0.39 is 15.9 Å². The molecule has 1 aliphatic carbocycles. The summed E-state index contributed by atoms with van der Waals surface area (Å²) in [5, 5.41) is 0.0917. The average Bonchev–Trinajstić information content (AvgIpc) is 2.78. The van der Waals surface area contributed by atoms with Crippen molar-refractivity contribution in [2.45, 2.75) is 43.5 Å². The van der Waals surface area contributed by atoms with E-state index in [2.05, 4.69) is 10.9 Å². The maximum Gasteiger partial charge on any atom is 0.271 e. The van der Waals surface area contributed by atoms with Gasteiger partial charge in [0.2, 0.25) is 15.9 Å². The molecule has 2 aromatic rings. The lowest BCUT2D eigenvalue weighted by molar-refractivity contribution is -0.126. The maximum atomic E-state index is 13.0. The van der Waals surface area contributed by atoms with Crippen molar-refractivity contribution in [2.24, 2.45) is 5.92 Å². The van der Waals surface area contributed by atoms with Crippen molar-refractivity contribution in [2.75, 3.05) is 7.05 Å². The molecule has 0 heterocycles. The van der Waals surface area contributed by atoms with E-state index in [9.17, 15) is 18.0 Å². The molecule has 0 aliphatic heterocycles. The third-order valence-corrected chi connectivity index (χ3v) is 7.54. The SMILES string of the molecule is CN(Cc1ccccc1)S(=O)(=O)c1ccc(Cl)c(C(=O)NNC(=O)C2CCCCC2)c1. The van der Waals surface area contributed by atoms with Gasteiger partial charge in [0.1, 0.15) is 0 Å². The Hall–Kier alpha value is -2.42. The van der Waals surface area contributed by atoms with Crippen LogP contribution in [0.1, 0.15) is 48.0 Å². The molecule has 0 bridgehead atoms. The first-order chi connectivity index (χ1) is 14.8. The second-order valence-electron chi connectivity index (χ2n) is 7.67. The molecule has 2 aromatic carbocycles. The van der Waals surface area contributed by atoms with Crippen LogP contribution in [0.3, 0.4) is 0 Å². The van der Waals surface area contributed by atoms with Crippen molar-refractivity contribution >= 4 is 33.4 Å². The number of hydrazine groups is 1. The first-order valence-corrected chi connectivity index (χ1v) is 12.0. The van der Waals surface area contributed by atoms with Gasteiger partial charge < -0.3 is 0 Å².